The van der Waals surface area contributed by atoms with Crippen LogP contribution in [-0.4, -0.2) is 8.83 Å². The van der Waals surface area contributed by atoms with Gasteiger partial charge in [0.05, 0.1) is 0 Å². The highest BCUT2D eigenvalue weighted by Gasteiger charge is 1.93. The fraction of sp³-hybridized carbons (Fsp3) is 1.00. The van der Waals surface area contributed by atoms with E-state index in [9.17, 15) is 0 Å². The van der Waals surface area contributed by atoms with E-state index in [1.54, 1.807) is 0 Å². The van der Waals surface area contributed by atoms with Crippen molar-refractivity contribution in [3.05, 3.63) is 0 Å². The molecule has 0 amide bonds. The van der Waals surface area contributed by atoms with Gasteiger partial charge in [-0.05, 0) is 6.04 Å². The largest absolute Gasteiger partial charge is 0.176 e. The van der Waals surface area contributed by atoms with Gasteiger partial charge in [-0.1, -0.05) is 96.8 Å². The van der Waals surface area contributed by atoms with Gasteiger partial charge in [0.1, 0.15) is 8.83 Å². The summed E-state index contributed by atoms with van der Waals surface area (Å²) in [6.45, 7) is 2.29. The summed E-state index contributed by atoms with van der Waals surface area (Å²) in [5.74, 6) is 0. The van der Waals surface area contributed by atoms with Gasteiger partial charge in [0.15, 0.2) is 0 Å². The molecular formula is C16H35ClSi. The lowest BCUT2D eigenvalue weighted by atomic mass is 10.0. The van der Waals surface area contributed by atoms with Gasteiger partial charge in [0.25, 0.3) is 0 Å². The van der Waals surface area contributed by atoms with E-state index in [0.717, 1.165) is 0 Å². The summed E-state index contributed by atoms with van der Waals surface area (Å²) in [6, 6.07) is 1.35. The third kappa shape index (κ3) is 16.5. The van der Waals surface area contributed by atoms with Gasteiger partial charge in [0, 0.05) is 0 Å². The van der Waals surface area contributed by atoms with Crippen LogP contribution in [0.25, 0.3) is 0 Å². The molecule has 0 atom stereocenters. The molecule has 0 heterocycles. The van der Waals surface area contributed by atoms with Crippen LogP contribution in [0.1, 0.15) is 96.8 Å². The van der Waals surface area contributed by atoms with Crippen molar-refractivity contribution >= 4 is 19.9 Å². The summed E-state index contributed by atoms with van der Waals surface area (Å²) in [4.78, 5) is 0. The molecule has 0 rings (SSSR count). The molecule has 0 aliphatic heterocycles. The lowest BCUT2D eigenvalue weighted by molar-refractivity contribution is 0.538. The van der Waals surface area contributed by atoms with Crippen LogP contribution in [0.5, 0.6) is 0 Å². The molecule has 2 heteroatoms. The van der Waals surface area contributed by atoms with Crippen molar-refractivity contribution in [1.82, 2.24) is 0 Å². The normalized spacial score (nSPS) is 11.7. The zero-order valence-electron chi connectivity index (χ0n) is 12.7. The standard InChI is InChI=1S/C16H35ClSi/c1-2-3-4-5-6-7-8-9-10-11-12-13-14-15-16-18-17/h2-16,18H2,1H3. The zero-order valence-corrected chi connectivity index (χ0v) is 14.9. The van der Waals surface area contributed by atoms with Gasteiger partial charge in [-0.25, -0.2) is 0 Å². The number of hydrogen-bond acceptors (Lipinski definition) is 0. The third-order valence-corrected chi connectivity index (χ3v) is 5.31. The summed E-state index contributed by atoms with van der Waals surface area (Å²) in [5.41, 5.74) is 0. The average molecular weight is 291 g/mol. The SMILES string of the molecule is CCCCCCCCCCCCCCCC[SiH2]Cl. The minimum atomic E-state index is -0.176. The quantitative estimate of drug-likeness (QED) is 0.191. The van der Waals surface area contributed by atoms with Crippen LogP contribution in [0.4, 0.5) is 0 Å². The summed E-state index contributed by atoms with van der Waals surface area (Å²) < 4.78 is 0. The molecule has 110 valence electrons. The molecule has 0 bridgehead atoms. The van der Waals surface area contributed by atoms with E-state index in [-0.39, 0.29) is 8.83 Å². The molecule has 0 aromatic heterocycles. The van der Waals surface area contributed by atoms with Gasteiger partial charge in [-0.15, -0.1) is 0 Å². The highest BCUT2D eigenvalue weighted by atomic mass is 35.6. The van der Waals surface area contributed by atoms with Crippen molar-refractivity contribution in [2.45, 2.75) is 103 Å². The minimum Gasteiger partial charge on any atom is -0.176 e. The van der Waals surface area contributed by atoms with Crippen molar-refractivity contribution in [2.75, 3.05) is 0 Å². The zero-order chi connectivity index (χ0) is 13.3. The van der Waals surface area contributed by atoms with Gasteiger partial charge in [-0.2, -0.15) is 11.1 Å². The van der Waals surface area contributed by atoms with E-state index in [0.29, 0.717) is 0 Å². The van der Waals surface area contributed by atoms with Gasteiger partial charge in [-0.3, -0.25) is 0 Å². The highest BCUT2D eigenvalue weighted by molar-refractivity contribution is 6.93. The maximum atomic E-state index is 5.79. The lowest BCUT2D eigenvalue weighted by Gasteiger charge is -2.02. The lowest BCUT2D eigenvalue weighted by Crippen LogP contribution is -1.83. The molecule has 0 unspecified atom stereocenters. The molecule has 18 heavy (non-hydrogen) atoms. The fourth-order valence-corrected chi connectivity index (χ4v) is 3.58. The Kier molecular flexibility index (Phi) is 18.0. The Morgan fingerprint density at radius 1 is 0.556 bits per heavy atom. The highest BCUT2D eigenvalue weighted by Crippen LogP contribution is 2.13. The molecule has 0 radical (unpaired) electrons. The van der Waals surface area contributed by atoms with Crippen LogP contribution in [0.3, 0.4) is 0 Å². The Morgan fingerprint density at radius 3 is 1.22 bits per heavy atom. The van der Waals surface area contributed by atoms with E-state index in [1.165, 1.54) is 95.9 Å². The number of rotatable bonds is 15. The number of unbranched alkanes of at least 4 members (excludes halogenated alkanes) is 13. The molecular weight excluding hydrogens is 256 g/mol. The van der Waals surface area contributed by atoms with Crippen LogP contribution >= 0.6 is 11.1 Å². The third-order valence-electron chi connectivity index (χ3n) is 3.74. The monoisotopic (exact) mass is 290 g/mol. The number of halogens is 1. The van der Waals surface area contributed by atoms with Crippen LogP contribution in [0, 0.1) is 0 Å². The topological polar surface area (TPSA) is 0 Å². The van der Waals surface area contributed by atoms with Crippen molar-refractivity contribution in [1.29, 1.82) is 0 Å². The van der Waals surface area contributed by atoms with Crippen molar-refractivity contribution < 1.29 is 0 Å². The van der Waals surface area contributed by atoms with Gasteiger partial charge in [0.2, 0.25) is 0 Å². The van der Waals surface area contributed by atoms with E-state index in [4.69, 9.17) is 11.1 Å². The van der Waals surface area contributed by atoms with Crippen molar-refractivity contribution in [3.63, 3.8) is 0 Å². The first kappa shape index (κ1) is 18.5. The molecule has 0 aliphatic carbocycles. The van der Waals surface area contributed by atoms with E-state index < -0.39 is 0 Å². The molecule has 0 aromatic carbocycles. The molecule has 0 aromatic rings. The molecule has 0 saturated heterocycles. The molecule has 0 N–H and O–H groups in total. The fourth-order valence-electron chi connectivity index (χ4n) is 2.47. The molecule has 0 fully saturated rings. The summed E-state index contributed by atoms with van der Waals surface area (Å²) in [7, 11) is -0.176. The summed E-state index contributed by atoms with van der Waals surface area (Å²) >= 11 is 5.79. The van der Waals surface area contributed by atoms with E-state index in [1.807, 2.05) is 0 Å². The Balaban J connectivity index is 2.86. The molecule has 0 spiro atoms. The second kappa shape index (κ2) is 17.5. The summed E-state index contributed by atoms with van der Waals surface area (Å²) in [6.07, 6.45) is 20.3. The van der Waals surface area contributed by atoms with Gasteiger partial charge >= 0.3 is 0 Å². The minimum absolute atomic E-state index is 0.176. The second-order valence-corrected chi connectivity index (χ2v) is 7.86. The molecule has 0 saturated carbocycles. The smallest absolute Gasteiger partial charge is 0.125 e. The predicted molar refractivity (Wildman–Crippen MR) is 89.5 cm³/mol. The Labute approximate surface area is 123 Å². The van der Waals surface area contributed by atoms with Crippen LogP contribution in [0.15, 0.2) is 0 Å². The van der Waals surface area contributed by atoms with Crippen LogP contribution in [0.2, 0.25) is 6.04 Å². The maximum Gasteiger partial charge on any atom is 0.125 e. The molecule has 0 aliphatic rings. The van der Waals surface area contributed by atoms with Crippen molar-refractivity contribution in [2.24, 2.45) is 0 Å². The summed E-state index contributed by atoms with van der Waals surface area (Å²) in [5, 5.41) is 0. The second-order valence-electron chi connectivity index (χ2n) is 5.64. The van der Waals surface area contributed by atoms with Gasteiger partial charge < -0.3 is 0 Å². The Morgan fingerprint density at radius 2 is 0.889 bits per heavy atom. The first-order valence-corrected chi connectivity index (χ1v) is 11.6. The first-order valence-electron chi connectivity index (χ1n) is 8.47. The first-order chi connectivity index (χ1) is 8.91. The van der Waals surface area contributed by atoms with E-state index in [2.05, 4.69) is 6.92 Å². The van der Waals surface area contributed by atoms with E-state index >= 15 is 0 Å². The number of hydrogen-bond donors (Lipinski definition) is 0. The average Bonchev–Trinajstić information content (AvgIpc) is 2.39. The Bertz CT molecular complexity index is 123. The Hall–Kier alpha value is 0.507. The van der Waals surface area contributed by atoms with Crippen LogP contribution in [-0.2, 0) is 0 Å². The maximum absolute atomic E-state index is 5.79. The predicted octanol–water partition coefficient (Wildman–Crippen LogP) is 6.21. The van der Waals surface area contributed by atoms with Crippen LogP contribution < -0.4 is 0 Å². The molecule has 0 nitrogen and oxygen atoms in total. The van der Waals surface area contributed by atoms with Crippen molar-refractivity contribution in [3.8, 4) is 0 Å².